The number of hydrogen-bond donors (Lipinski definition) is 1. The molecule has 5 nitrogen and oxygen atoms in total. The maximum Gasteiger partial charge on any atom is 0.237 e. The molecule has 2 atom stereocenters. The minimum atomic E-state index is -0.380. The Balaban J connectivity index is 1.70. The van der Waals surface area contributed by atoms with E-state index in [9.17, 15) is 10.1 Å². The zero-order chi connectivity index (χ0) is 22.6. The minimum Gasteiger partial charge on any atom is -0.494 e. The zero-order valence-corrected chi connectivity index (χ0v) is 19.8. The van der Waals surface area contributed by atoms with Crippen LogP contribution < -0.4 is 10.1 Å². The van der Waals surface area contributed by atoms with Gasteiger partial charge in [-0.15, -0.1) is 0 Å². The third-order valence-electron chi connectivity index (χ3n) is 5.79. The molecule has 164 valence electrons. The Hall–Kier alpha value is -2.52. The lowest BCUT2D eigenvalue weighted by molar-refractivity contribution is -0.115. The van der Waals surface area contributed by atoms with Gasteiger partial charge in [0.25, 0.3) is 0 Å². The normalized spacial score (nSPS) is 16.7. The van der Waals surface area contributed by atoms with Crippen molar-refractivity contribution < 1.29 is 9.53 Å². The fourth-order valence-electron chi connectivity index (χ4n) is 3.82. The Kier molecular flexibility index (Phi) is 7.27. The number of anilines is 1. The van der Waals surface area contributed by atoms with Crippen LogP contribution in [0.3, 0.4) is 0 Å². The van der Waals surface area contributed by atoms with Crippen molar-refractivity contribution in [1.82, 2.24) is 4.98 Å². The fraction of sp³-hybridized carbons (Fsp3) is 0.480. The smallest absolute Gasteiger partial charge is 0.237 e. The van der Waals surface area contributed by atoms with E-state index in [2.05, 4.69) is 32.2 Å². The average molecular weight is 438 g/mol. The van der Waals surface area contributed by atoms with Gasteiger partial charge in [-0.2, -0.15) is 5.26 Å². The second kappa shape index (κ2) is 9.74. The van der Waals surface area contributed by atoms with Crippen molar-refractivity contribution in [3.63, 3.8) is 0 Å². The molecule has 1 aliphatic rings. The van der Waals surface area contributed by atoms with Crippen molar-refractivity contribution in [3.05, 3.63) is 47.2 Å². The van der Waals surface area contributed by atoms with E-state index in [1.807, 2.05) is 44.2 Å². The van der Waals surface area contributed by atoms with Crippen molar-refractivity contribution in [2.75, 3.05) is 11.9 Å². The van der Waals surface area contributed by atoms with Crippen LogP contribution in [0.1, 0.15) is 57.9 Å². The average Bonchev–Trinajstić information content (AvgIpc) is 2.73. The molecule has 1 aliphatic carbocycles. The van der Waals surface area contributed by atoms with E-state index < -0.39 is 0 Å². The maximum atomic E-state index is 12.7. The number of nitriles is 1. The van der Waals surface area contributed by atoms with Gasteiger partial charge < -0.3 is 10.1 Å². The number of rotatable bonds is 6. The molecule has 2 aromatic rings. The molecule has 0 fully saturated rings. The summed E-state index contributed by atoms with van der Waals surface area (Å²) in [4.78, 5) is 17.5. The number of amides is 1. The fourth-order valence-corrected chi connectivity index (χ4v) is 4.72. The Morgan fingerprint density at radius 1 is 1.35 bits per heavy atom. The molecular weight excluding hydrogens is 406 g/mol. The van der Waals surface area contributed by atoms with Gasteiger partial charge in [-0.1, -0.05) is 32.5 Å². The van der Waals surface area contributed by atoms with Crippen LogP contribution in [0.15, 0.2) is 35.4 Å². The van der Waals surface area contributed by atoms with Crippen LogP contribution in [0.25, 0.3) is 0 Å². The summed E-state index contributed by atoms with van der Waals surface area (Å²) in [7, 11) is 0. The van der Waals surface area contributed by atoms with Gasteiger partial charge in [-0.3, -0.25) is 4.79 Å². The molecule has 0 aliphatic heterocycles. The number of thioether (sulfide) groups is 1. The van der Waals surface area contributed by atoms with Crippen molar-refractivity contribution >= 4 is 23.4 Å². The van der Waals surface area contributed by atoms with E-state index in [1.54, 1.807) is 0 Å². The number of fused-ring (bicyclic) bond motifs is 1. The van der Waals surface area contributed by atoms with E-state index in [0.717, 1.165) is 30.7 Å². The molecule has 0 spiro atoms. The van der Waals surface area contributed by atoms with Crippen LogP contribution >= 0.6 is 11.8 Å². The second-order valence-corrected chi connectivity index (χ2v) is 10.4. The summed E-state index contributed by atoms with van der Waals surface area (Å²) >= 11 is 1.34. The predicted octanol–water partition coefficient (Wildman–Crippen LogP) is 5.62. The number of nitrogens with zero attached hydrogens (tertiary/aromatic N) is 2. The Labute approximate surface area is 189 Å². The SMILES string of the molecule is CCOc1ccc(NC(=O)C(C)Sc2nc3c(cc2C#N)CC(C(C)(C)C)CC3)cc1. The Morgan fingerprint density at radius 2 is 2.06 bits per heavy atom. The number of aryl methyl sites for hydroxylation is 1. The Bertz CT molecular complexity index is 974. The highest BCUT2D eigenvalue weighted by molar-refractivity contribution is 8.00. The van der Waals surface area contributed by atoms with E-state index in [4.69, 9.17) is 9.72 Å². The molecule has 31 heavy (non-hydrogen) atoms. The second-order valence-electron chi connectivity index (χ2n) is 9.07. The number of hydrogen-bond acceptors (Lipinski definition) is 5. The van der Waals surface area contributed by atoms with E-state index >= 15 is 0 Å². The third-order valence-corrected chi connectivity index (χ3v) is 6.89. The highest BCUT2D eigenvalue weighted by atomic mass is 32.2. The molecule has 0 bridgehead atoms. The predicted molar refractivity (Wildman–Crippen MR) is 125 cm³/mol. The molecule has 1 amide bonds. The number of aromatic nitrogens is 1. The quantitative estimate of drug-likeness (QED) is 0.594. The summed E-state index contributed by atoms with van der Waals surface area (Å²) < 4.78 is 5.43. The summed E-state index contributed by atoms with van der Waals surface area (Å²) in [5, 5.41) is 12.9. The van der Waals surface area contributed by atoms with Crippen molar-refractivity contribution in [1.29, 1.82) is 5.26 Å². The molecule has 0 radical (unpaired) electrons. The van der Waals surface area contributed by atoms with Crippen LogP contribution in [0, 0.1) is 22.7 Å². The van der Waals surface area contributed by atoms with Crippen LogP contribution in [-0.4, -0.2) is 22.7 Å². The van der Waals surface area contributed by atoms with E-state index in [-0.39, 0.29) is 16.6 Å². The molecular formula is C25H31N3O2S. The summed E-state index contributed by atoms with van der Waals surface area (Å²) in [5.74, 6) is 1.24. The standard InChI is InChI=1S/C25H31N3O2S/c1-6-30-21-10-8-20(9-11-21)27-23(29)16(2)31-24-18(15-26)13-17-14-19(25(3,4)5)7-12-22(17)28-24/h8-11,13,16,19H,6-7,12,14H2,1-5H3,(H,27,29). The molecule has 3 rings (SSSR count). The molecule has 1 aromatic carbocycles. The lowest BCUT2D eigenvalue weighted by Crippen LogP contribution is -2.27. The topological polar surface area (TPSA) is 75.0 Å². The number of ether oxygens (including phenoxy) is 1. The van der Waals surface area contributed by atoms with Crippen LogP contribution in [0.5, 0.6) is 5.75 Å². The summed E-state index contributed by atoms with van der Waals surface area (Å²) in [6.07, 6.45) is 2.98. The monoisotopic (exact) mass is 437 g/mol. The van der Waals surface area contributed by atoms with E-state index in [1.165, 1.54) is 17.3 Å². The molecule has 0 saturated heterocycles. The first-order valence-corrected chi connectivity index (χ1v) is 11.7. The van der Waals surface area contributed by atoms with Gasteiger partial charge in [0.05, 0.1) is 17.4 Å². The Morgan fingerprint density at radius 3 is 2.68 bits per heavy atom. The van der Waals surface area contributed by atoms with Gasteiger partial charge in [0.1, 0.15) is 16.8 Å². The first-order valence-electron chi connectivity index (χ1n) is 10.8. The van der Waals surface area contributed by atoms with Crippen LogP contribution in [0.2, 0.25) is 0 Å². The van der Waals surface area contributed by atoms with Gasteiger partial charge in [0.15, 0.2) is 0 Å². The van der Waals surface area contributed by atoms with Crippen LogP contribution in [-0.2, 0) is 17.6 Å². The highest BCUT2D eigenvalue weighted by Crippen LogP contribution is 2.38. The number of carbonyl (C=O) groups is 1. The molecule has 6 heteroatoms. The number of nitrogens with one attached hydrogen (secondary N) is 1. The first-order chi connectivity index (χ1) is 14.7. The number of benzene rings is 1. The minimum absolute atomic E-state index is 0.120. The summed E-state index contributed by atoms with van der Waals surface area (Å²) in [6, 6.07) is 11.6. The van der Waals surface area contributed by atoms with Crippen LogP contribution in [0.4, 0.5) is 5.69 Å². The van der Waals surface area contributed by atoms with Gasteiger partial charge in [0.2, 0.25) is 5.91 Å². The lowest BCUT2D eigenvalue weighted by Gasteiger charge is -2.34. The molecule has 1 aromatic heterocycles. The summed E-state index contributed by atoms with van der Waals surface area (Å²) in [6.45, 7) is 11.2. The van der Waals surface area contributed by atoms with Gasteiger partial charge in [-0.25, -0.2) is 4.98 Å². The van der Waals surface area contributed by atoms with Gasteiger partial charge in [0, 0.05) is 11.4 Å². The first kappa shape index (κ1) is 23.1. The third kappa shape index (κ3) is 5.80. The number of pyridine rings is 1. The van der Waals surface area contributed by atoms with Crippen molar-refractivity contribution in [2.45, 2.75) is 64.2 Å². The van der Waals surface area contributed by atoms with Gasteiger partial charge >= 0.3 is 0 Å². The maximum absolute atomic E-state index is 12.7. The molecule has 0 saturated carbocycles. The summed E-state index contributed by atoms with van der Waals surface area (Å²) in [5.41, 5.74) is 3.76. The zero-order valence-electron chi connectivity index (χ0n) is 19.0. The van der Waals surface area contributed by atoms with E-state index in [0.29, 0.717) is 28.8 Å². The van der Waals surface area contributed by atoms with Gasteiger partial charge in [-0.05, 0) is 80.3 Å². The van der Waals surface area contributed by atoms with Crippen molar-refractivity contribution in [3.8, 4) is 11.8 Å². The van der Waals surface area contributed by atoms with Crippen molar-refractivity contribution in [2.24, 2.45) is 11.3 Å². The highest BCUT2D eigenvalue weighted by Gasteiger charge is 2.30. The number of carbonyl (C=O) groups excluding carboxylic acids is 1. The lowest BCUT2D eigenvalue weighted by atomic mass is 9.71. The molecule has 2 unspecified atom stereocenters. The largest absolute Gasteiger partial charge is 0.494 e. The molecule has 1 N–H and O–H groups in total. The molecule has 1 heterocycles.